The van der Waals surface area contributed by atoms with E-state index in [9.17, 15) is 9.50 Å². The molecule has 90 valence electrons. The van der Waals surface area contributed by atoms with E-state index in [1.54, 1.807) is 6.07 Å². The van der Waals surface area contributed by atoms with Crippen LogP contribution in [-0.2, 0) is 6.42 Å². The minimum atomic E-state index is -0.228. The van der Waals surface area contributed by atoms with Crippen molar-refractivity contribution >= 4 is 5.69 Å². The van der Waals surface area contributed by atoms with Crippen molar-refractivity contribution in [3.8, 4) is 0 Å². The Labute approximate surface area is 96.7 Å². The summed E-state index contributed by atoms with van der Waals surface area (Å²) in [4.78, 5) is 1.89. The van der Waals surface area contributed by atoms with E-state index in [1.807, 2.05) is 32.8 Å². The van der Waals surface area contributed by atoms with E-state index in [-0.39, 0.29) is 17.8 Å². The van der Waals surface area contributed by atoms with Gasteiger partial charge in [0.15, 0.2) is 0 Å². The standard InChI is InChI=1S/C13H20FNO/c1-13(2,9-16)8-10-5-6-11(14)7-12(10)15(3)4/h5-7,16H,8-9H2,1-4H3. The number of hydrogen-bond donors (Lipinski definition) is 1. The quantitative estimate of drug-likeness (QED) is 0.850. The normalized spacial score (nSPS) is 11.6. The molecule has 1 rings (SSSR count). The molecule has 0 spiro atoms. The van der Waals surface area contributed by atoms with Gasteiger partial charge in [-0.3, -0.25) is 0 Å². The lowest BCUT2D eigenvalue weighted by Gasteiger charge is -2.25. The van der Waals surface area contributed by atoms with Crippen LogP contribution in [0.25, 0.3) is 0 Å². The van der Waals surface area contributed by atoms with Crippen LogP contribution in [0.3, 0.4) is 0 Å². The summed E-state index contributed by atoms with van der Waals surface area (Å²) in [6.45, 7) is 4.11. The Hall–Kier alpha value is -1.09. The lowest BCUT2D eigenvalue weighted by Crippen LogP contribution is -2.22. The van der Waals surface area contributed by atoms with Gasteiger partial charge in [-0.15, -0.1) is 0 Å². The van der Waals surface area contributed by atoms with Gasteiger partial charge in [0.1, 0.15) is 5.82 Å². The van der Waals surface area contributed by atoms with Crippen LogP contribution < -0.4 is 4.90 Å². The smallest absolute Gasteiger partial charge is 0.125 e. The number of anilines is 1. The molecule has 3 heteroatoms. The van der Waals surface area contributed by atoms with Gasteiger partial charge in [0.25, 0.3) is 0 Å². The Balaban J connectivity index is 3.04. The maximum absolute atomic E-state index is 13.1. The highest BCUT2D eigenvalue weighted by atomic mass is 19.1. The molecule has 16 heavy (non-hydrogen) atoms. The number of benzene rings is 1. The van der Waals surface area contributed by atoms with Crippen LogP contribution in [0.5, 0.6) is 0 Å². The first-order valence-electron chi connectivity index (χ1n) is 5.42. The fourth-order valence-electron chi connectivity index (χ4n) is 1.67. The third kappa shape index (κ3) is 3.20. The fraction of sp³-hybridized carbons (Fsp3) is 0.538. The van der Waals surface area contributed by atoms with Crippen molar-refractivity contribution in [1.29, 1.82) is 0 Å². The molecule has 0 bridgehead atoms. The number of rotatable bonds is 4. The van der Waals surface area contributed by atoms with Gasteiger partial charge in [0, 0.05) is 26.4 Å². The van der Waals surface area contributed by atoms with Crippen molar-refractivity contribution in [3.05, 3.63) is 29.6 Å². The van der Waals surface area contributed by atoms with Crippen molar-refractivity contribution in [1.82, 2.24) is 0 Å². The third-order valence-corrected chi connectivity index (χ3v) is 2.63. The molecule has 0 aliphatic carbocycles. The fourth-order valence-corrected chi connectivity index (χ4v) is 1.67. The Morgan fingerprint density at radius 1 is 1.31 bits per heavy atom. The summed E-state index contributed by atoms with van der Waals surface area (Å²) in [5.74, 6) is -0.228. The Bertz CT molecular complexity index is 361. The number of hydrogen-bond acceptors (Lipinski definition) is 2. The topological polar surface area (TPSA) is 23.5 Å². The van der Waals surface area contributed by atoms with E-state index in [1.165, 1.54) is 12.1 Å². The van der Waals surface area contributed by atoms with Gasteiger partial charge >= 0.3 is 0 Å². The van der Waals surface area contributed by atoms with Crippen LogP contribution in [0, 0.1) is 11.2 Å². The summed E-state index contributed by atoms with van der Waals surface area (Å²) in [6, 6.07) is 4.79. The van der Waals surface area contributed by atoms with E-state index < -0.39 is 0 Å². The molecule has 0 radical (unpaired) electrons. The largest absolute Gasteiger partial charge is 0.396 e. The molecule has 0 aromatic heterocycles. The van der Waals surface area contributed by atoms with Crippen molar-refractivity contribution in [2.45, 2.75) is 20.3 Å². The van der Waals surface area contributed by atoms with Gasteiger partial charge in [-0.2, -0.15) is 0 Å². The highest BCUT2D eigenvalue weighted by Gasteiger charge is 2.19. The minimum absolute atomic E-state index is 0.122. The second kappa shape index (κ2) is 4.83. The summed E-state index contributed by atoms with van der Waals surface area (Å²) in [7, 11) is 3.79. The highest BCUT2D eigenvalue weighted by molar-refractivity contribution is 5.53. The van der Waals surface area contributed by atoms with E-state index in [0.717, 1.165) is 17.7 Å². The second-order valence-corrected chi connectivity index (χ2v) is 5.17. The molecule has 0 heterocycles. The van der Waals surface area contributed by atoms with Gasteiger partial charge in [0.2, 0.25) is 0 Å². The van der Waals surface area contributed by atoms with Crippen LogP contribution in [0.1, 0.15) is 19.4 Å². The van der Waals surface area contributed by atoms with E-state index in [2.05, 4.69) is 0 Å². The maximum atomic E-state index is 13.1. The molecule has 2 nitrogen and oxygen atoms in total. The molecule has 0 saturated heterocycles. The zero-order valence-corrected chi connectivity index (χ0v) is 10.4. The average Bonchev–Trinajstić information content (AvgIpc) is 2.20. The van der Waals surface area contributed by atoms with Gasteiger partial charge < -0.3 is 10.0 Å². The first-order chi connectivity index (χ1) is 7.35. The monoisotopic (exact) mass is 225 g/mol. The minimum Gasteiger partial charge on any atom is -0.396 e. The van der Waals surface area contributed by atoms with Crippen molar-refractivity contribution in [3.63, 3.8) is 0 Å². The third-order valence-electron chi connectivity index (χ3n) is 2.63. The molecule has 1 N–H and O–H groups in total. The first-order valence-corrected chi connectivity index (χ1v) is 5.42. The van der Waals surface area contributed by atoms with Crippen molar-refractivity contribution in [2.75, 3.05) is 25.6 Å². The first kappa shape index (κ1) is 13.0. The summed E-state index contributed by atoms with van der Waals surface area (Å²) in [5, 5.41) is 9.25. The Morgan fingerprint density at radius 3 is 2.44 bits per heavy atom. The molecule has 1 aromatic carbocycles. The molecule has 0 unspecified atom stereocenters. The van der Waals surface area contributed by atoms with Gasteiger partial charge in [0.05, 0.1) is 0 Å². The average molecular weight is 225 g/mol. The summed E-state index contributed by atoms with van der Waals surface area (Å²) >= 11 is 0. The van der Waals surface area contributed by atoms with Crippen LogP contribution in [0.4, 0.5) is 10.1 Å². The second-order valence-electron chi connectivity index (χ2n) is 5.17. The van der Waals surface area contributed by atoms with Crippen LogP contribution >= 0.6 is 0 Å². The van der Waals surface area contributed by atoms with Gasteiger partial charge in [-0.25, -0.2) is 4.39 Å². The van der Waals surface area contributed by atoms with Crippen LogP contribution in [0.15, 0.2) is 18.2 Å². The summed E-state index contributed by atoms with van der Waals surface area (Å²) in [6.07, 6.45) is 0.733. The summed E-state index contributed by atoms with van der Waals surface area (Å²) < 4.78 is 13.1. The predicted octanol–water partition coefficient (Wildman–Crippen LogP) is 2.45. The number of nitrogens with zero attached hydrogens (tertiary/aromatic N) is 1. The molecule has 0 saturated carbocycles. The van der Waals surface area contributed by atoms with Crippen LogP contribution in [-0.4, -0.2) is 25.8 Å². The molecule has 0 aliphatic heterocycles. The van der Waals surface area contributed by atoms with Crippen LogP contribution in [0.2, 0.25) is 0 Å². The van der Waals surface area contributed by atoms with E-state index in [0.29, 0.717) is 0 Å². The van der Waals surface area contributed by atoms with Gasteiger partial charge in [-0.1, -0.05) is 19.9 Å². The Morgan fingerprint density at radius 2 is 1.94 bits per heavy atom. The van der Waals surface area contributed by atoms with E-state index in [4.69, 9.17) is 0 Å². The SMILES string of the molecule is CN(C)c1cc(F)ccc1CC(C)(C)CO. The Kier molecular flexibility index (Phi) is 3.92. The van der Waals surface area contributed by atoms with Gasteiger partial charge in [-0.05, 0) is 29.5 Å². The number of aliphatic hydroxyl groups excluding tert-OH is 1. The lowest BCUT2D eigenvalue weighted by molar-refractivity contribution is 0.160. The molecule has 0 aliphatic rings. The van der Waals surface area contributed by atoms with E-state index >= 15 is 0 Å². The summed E-state index contributed by atoms with van der Waals surface area (Å²) in [5.41, 5.74) is 1.76. The molecule has 0 fully saturated rings. The lowest BCUT2D eigenvalue weighted by atomic mass is 9.86. The molecular weight excluding hydrogens is 205 g/mol. The maximum Gasteiger partial charge on any atom is 0.125 e. The molecule has 0 amide bonds. The molecule has 1 aromatic rings. The zero-order chi connectivity index (χ0) is 12.3. The zero-order valence-electron chi connectivity index (χ0n) is 10.4. The number of halogens is 1. The number of aliphatic hydroxyl groups is 1. The highest BCUT2D eigenvalue weighted by Crippen LogP contribution is 2.28. The van der Waals surface area contributed by atoms with Crippen molar-refractivity contribution < 1.29 is 9.50 Å². The molecular formula is C13H20FNO. The van der Waals surface area contributed by atoms with Crippen molar-refractivity contribution in [2.24, 2.45) is 5.41 Å². The molecule has 0 atom stereocenters. The predicted molar refractivity (Wildman–Crippen MR) is 65.3 cm³/mol.